The molecule has 1 aromatic rings. The normalized spacial score (nSPS) is 12.2. The summed E-state index contributed by atoms with van der Waals surface area (Å²) < 4.78 is 0. The third-order valence-corrected chi connectivity index (χ3v) is 1.62. The first-order chi connectivity index (χ1) is 6.09. The molecule has 0 aromatic carbocycles. The number of hydrogen-bond acceptors (Lipinski definition) is 3. The summed E-state index contributed by atoms with van der Waals surface area (Å²) in [5, 5.41) is 3.06. The molecule has 0 saturated heterocycles. The minimum absolute atomic E-state index is 0.269. The molecule has 5 heteroatoms. The summed E-state index contributed by atoms with van der Waals surface area (Å²) >= 11 is 5.61. The number of hydrogen-bond donors (Lipinski definition) is 2. The molecule has 1 aromatic heterocycles. The number of aromatic nitrogens is 1. The molecule has 13 heavy (non-hydrogen) atoms. The van der Waals surface area contributed by atoms with Gasteiger partial charge < -0.3 is 11.1 Å². The number of halogens is 1. The van der Waals surface area contributed by atoms with Gasteiger partial charge in [0.2, 0.25) is 5.91 Å². The monoisotopic (exact) mass is 199 g/mol. The second-order valence-corrected chi connectivity index (χ2v) is 3.08. The highest BCUT2D eigenvalue weighted by molar-refractivity contribution is 6.30. The summed E-state index contributed by atoms with van der Waals surface area (Å²) in [6.07, 6.45) is 1.46. The maximum atomic E-state index is 11.1. The second kappa shape index (κ2) is 4.20. The van der Waals surface area contributed by atoms with Gasteiger partial charge in [0.15, 0.2) is 0 Å². The van der Waals surface area contributed by atoms with E-state index < -0.39 is 6.04 Å². The van der Waals surface area contributed by atoms with Gasteiger partial charge in [-0.2, -0.15) is 0 Å². The Morgan fingerprint density at radius 1 is 1.69 bits per heavy atom. The van der Waals surface area contributed by atoms with Crippen LogP contribution in [0, 0.1) is 0 Å². The summed E-state index contributed by atoms with van der Waals surface area (Å²) in [7, 11) is 0. The van der Waals surface area contributed by atoms with Crippen LogP contribution < -0.4 is 11.1 Å². The molecule has 0 radical (unpaired) electrons. The number of nitrogens with zero attached hydrogens (tertiary/aromatic N) is 1. The quantitative estimate of drug-likeness (QED) is 0.748. The molecule has 1 atom stereocenters. The van der Waals surface area contributed by atoms with Crippen LogP contribution in [0.4, 0.5) is 5.82 Å². The van der Waals surface area contributed by atoms with Crippen molar-refractivity contribution < 1.29 is 4.79 Å². The van der Waals surface area contributed by atoms with Gasteiger partial charge >= 0.3 is 0 Å². The van der Waals surface area contributed by atoms with Crippen LogP contribution in [0.5, 0.6) is 0 Å². The van der Waals surface area contributed by atoms with E-state index in [1.807, 2.05) is 0 Å². The molecule has 0 aliphatic rings. The number of nitrogens with two attached hydrogens (primary N) is 1. The van der Waals surface area contributed by atoms with Crippen LogP contribution in [-0.4, -0.2) is 16.9 Å². The summed E-state index contributed by atoms with van der Waals surface area (Å²) in [5.74, 6) is 0.182. The molecule has 70 valence electrons. The van der Waals surface area contributed by atoms with E-state index in [0.29, 0.717) is 10.8 Å². The average molecular weight is 200 g/mol. The van der Waals surface area contributed by atoms with E-state index in [-0.39, 0.29) is 5.91 Å². The van der Waals surface area contributed by atoms with Crippen molar-refractivity contribution in [1.82, 2.24) is 4.98 Å². The predicted octanol–water partition coefficient (Wildman–Crippen LogP) is 1.02. The molecular formula is C8H10ClN3O. The Balaban J connectivity index is 2.65. The minimum Gasteiger partial charge on any atom is -0.320 e. The number of pyridine rings is 1. The van der Waals surface area contributed by atoms with Crippen LogP contribution >= 0.6 is 11.6 Å². The number of amides is 1. The van der Waals surface area contributed by atoms with Gasteiger partial charge in [-0.15, -0.1) is 0 Å². The number of carbonyl (C=O) groups is 1. The standard InChI is InChI=1S/C8H10ClN3O/c1-5(10)8(13)12-7-3-2-6(9)4-11-7/h2-5H,10H2,1H3,(H,11,12,13)/t5-/m0/s1. The van der Waals surface area contributed by atoms with Gasteiger partial charge in [0.05, 0.1) is 11.1 Å². The van der Waals surface area contributed by atoms with Crippen LogP contribution in [0.1, 0.15) is 6.92 Å². The molecule has 0 bridgehead atoms. The Kier molecular flexibility index (Phi) is 3.22. The zero-order valence-corrected chi connectivity index (χ0v) is 7.88. The lowest BCUT2D eigenvalue weighted by molar-refractivity contribution is -0.117. The Hall–Kier alpha value is -1.13. The highest BCUT2D eigenvalue weighted by Gasteiger charge is 2.07. The largest absolute Gasteiger partial charge is 0.320 e. The first kappa shape index (κ1) is 9.95. The maximum Gasteiger partial charge on any atom is 0.242 e. The van der Waals surface area contributed by atoms with Gasteiger partial charge in [-0.1, -0.05) is 11.6 Å². The molecule has 3 N–H and O–H groups in total. The van der Waals surface area contributed by atoms with Crippen LogP contribution in [0.3, 0.4) is 0 Å². The first-order valence-corrected chi connectivity index (χ1v) is 4.15. The van der Waals surface area contributed by atoms with Gasteiger partial charge in [0.25, 0.3) is 0 Å². The van der Waals surface area contributed by atoms with Crippen molar-refractivity contribution in [3.05, 3.63) is 23.4 Å². The fourth-order valence-electron chi connectivity index (χ4n) is 0.690. The van der Waals surface area contributed by atoms with Gasteiger partial charge in [-0.05, 0) is 19.1 Å². The summed E-state index contributed by atoms with van der Waals surface area (Å²) in [6, 6.07) is 2.71. The maximum absolute atomic E-state index is 11.1. The second-order valence-electron chi connectivity index (χ2n) is 2.64. The molecule has 0 aliphatic carbocycles. The third-order valence-electron chi connectivity index (χ3n) is 1.39. The van der Waals surface area contributed by atoms with Crippen molar-refractivity contribution >= 4 is 23.3 Å². The van der Waals surface area contributed by atoms with E-state index in [0.717, 1.165) is 0 Å². The van der Waals surface area contributed by atoms with E-state index in [4.69, 9.17) is 17.3 Å². The number of carbonyl (C=O) groups excluding carboxylic acids is 1. The van der Waals surface area contributed by atoms with E-state index in [1.54, 1.807) is 19.1 Å². The summed E-state index contributed by atoms with van der Waals surface area (Å²) in [4.78, 5) is 15.0. The topological polar surface area (TPSA) is 68.0 Å². The van der Waals surface area contributed by atoms with Gasteiger partial charge in [0, 0.05) is 6.20 Å². The van der Waals surface area contributed by atoms with E-state index >= 15 is 0 Å². The molecule has 0 saturated carbocycles. The average Bonchev–Trinajstić information content (AvgIpc) is 2.08. The lowest BCUT2D eigenvalue weighted by atomic mass is 10.3. The molecule has 4 nitrogen and oxygen atoms in total. The molecule has 0 spiro atoms. The molecule has 1 heterocycles. The van der Waals surface area contributed by atoms with Crippen LogP contribution in [0.2, 0.25) is 5.02 Å². The van der Waals surface area contributed by atoms with Crippen LogP contribution in [0.15, 0.2) is 18.3 Å². The lowest BCUT2D eigenvalue weighted by Gasteiger charge is -2.05. The van der Waals surface area contributed by atoms with Gasteiger partial charge in [0.1, 0.15) is 5.82 Å². The smallest absolute Gasteiger partial charge is 0.242 e. The lowest BCUT2D eigenvalue weighted by Crippen LogP contribution is -2.32. The highest BCUT2D eigenvalue weighted by atomic mass is 35.5. The Morgan fingerprint density at radius 2 is 2.38 bits per heavy atom. The summed E-state index contributed by atoms with van der Waals surface area (Å²) in [5.41, 5.74) is 5.35. The van der Waals surface area contributed by atoms with E-state index in [1.165, 1.54) is 6.20 Å². The van der Waals surface area contributed by atoms with Crippen molar-refractivity contribution in [2.75, 3.05) is 5.32 Å². The van der Waals surface area contributed by atoms with Crippen molar-refractivity contribution in [1.29, 1.82) is 0 Å². The zero-order chi connectivity index (χ0) is 9.84. The first-order valence-electron chi connectivity index (χ1n) is 3.77. The fourth-order valence-corrected chi connectivity index (χ4v) is 0.802. The third kappa shape index (κ3) is 3.01. The minimum atomic E-state index is -0.544. The number of rotatable bonds is 2. The Bertz CT molecular complexity index is 297. The Labute approximate surface area is 81.1 Å². The van der Waals surface area contributed by atoms with Crippen LogP contribution in [-0.2, 0) is 4.79 Å². The number of nitrogens with one attached hydrogen (secondary N) is 1. The van der Waals surface area contributed by atoms with Crippen molar-refractivity contribution in [2.24, 2.45) is 5.73 Å². The molecule has 0 fully saturated rings. The van der Waals surface area contributed by atoms with Crippen molar-refractivity contribution in [3.63, 3.8) is 0 Å². The fraction of sp³-hybridized carbons (Fsp3) is 0.250. The highest BCUT2D eigenvalue weighted by Crippen LogP contribution is 2.09. The van der Waals surface area contributed by atoms with Gasteiger partial charge in [-0.25, -0.2) is 4.98 Å². The van der Waals surface area contributed by atoms with Crippen molar-refractivity contribution in [2.45, 2.75) is 13.0 Å². The predicted molar refractivity (Wildman–Crippen MR) is 51.5 cm³/mol. The molecule has 1 amide bonds. The van der Waals surface area contributed by atoms with Crippen LogP contribution in [0.25, 0.3) is 0 Å². The molecule has 0 unspecified atom stereocenters. The van der Waals surface area contributed by atoms with Gasteiger partial charge in [-0.3, -0.25) is 4.79 Å². The number of anilines is 1. The Morgan fingerprint density at radius 3 is 2.85 bits per heavy atom. The molecular weight excluding hydrogens is 190 g/mol. The van der Waals surface area contributed by atoms with E-state index in [9.17, 15) is 4.79 Å². The van der Waals surface area contributed by atoms with E-state index in [2.05, 4.69) is 10.3 Å². The van der Waals surface area contributed by atoms with Crippen molar-refractivity contribution in [3.8, 4) is 0 Å². The summed E-state index contributed by atoms with van der Waals surface area (Å²) in [6.45, 7) is 1.60. The zero-order valence-electron chi connectivity index (χ0n) is 7.12. The SMILES string of the molecule is C[C@H](N)C(=O)Nc1ccc(Cl)cn1. The molecule has 1 rings (SSSR count). The molecule has 0 aliphatic heterocycles.